The van der Waals surface area contributed by atoms with Gasteiger partial charge in [0.05, 0.1) is 59.5 Å². The Morgan fingerprint density at radius 2 is 0.508 bits per heavy atom. The van der Waals surface area contributed by atoms with E-state index in [1.807, 2.05) is 72.8 Å². The van der Waals surface area contributed by atoms with Gasteiger partial charge in [0.2, 0.25) is 0 Å². The summed E-state index contributed by atoms with van der Waals surface area (Å²) in [6, 6.07) is 17.3. The fraction of sp³-hybridized carbons (Fsp3) is 0.444. The Morgan fingerprint density at radius 3 is 0.714 bits per heavy atom. The summed E-state index contributed by atoms with van der Waals surface area (Å²) >= 11 is 0. The smallest absolute Gasteiger partial charge is 0.130 e. The molecule has 0 saturated carbocycles. The third kappa shape index (κ3) is 15.5. The molecule has 0 unspecified atom stereocenters. The highest BCUT2D eigenvalue weighted by molar-refractivity contribution is 5.83. The van der Waals surface area contributed by atoms with Crippen molar-refractivity contribution < 1.29 is 44.8 Å². The average molecular weight is 865 g/mol. The zero-order chi connectivity index (χ0) is 45.2. The van der Waals surface area contributed by atoms with E-state index in [0.29, 0.717) is 70.4 Å². The summed E-state index contributed by atoms with van der Waals surface area (Å²) in [6.45, 7) is 11.0. The predicted octanol–water partition coefficient (Wildman–Crippen LogP) is 11.2. The lowest BCUT2D eigenvalue weighted by Gasteiger charge is -2.20. The van der Waals surface area contributed by atoms with E-state index in [2.05, 4.69) is 19.7 Å². The number of aliphatic hydroxyl groups is 6. The van der Waals surface area contributed by atoms with Crippen molar-refractivity contribution in [2.24, 2.45) is 0 Å². The number of hydrogen-bond acceptors (Lipinski definition) is 9. The minimum atomic E-state index is -0.298. The highest BCUT2D eigenvalue weighted by Crippen LogP contribution is 2.40. The molecule has 9 heteroatoms. The summed E-state index contributed by atoms with van der Waals surface area (Å²) in [5.41, 5.74) is 7.80. The molecule has 0 amide bonds. The zero-order valence-electron chi connectivity index (χ0n) is 37.4. The van der Waals surface area contributed by atoms with Crippen LogP contribution in [-0.4, -0.2) is 50.5 Å². The van der Waals surface area contributed by atoms with Gasteiger partial charge in [-0.15, -0.1) is 19.7 Å². The molecule has 0 heterocycles. The van der Waals surface area contributed by atoms with E-state index in [4.69, 9.17) is 14.2 Å². The highest BCUT2D eigenvalue weighted by atomic mass is 16.5. The van der Waals surface area contributed by atoms with Gasteiger partial charge in [0.15, 0.2) is 0 Å². The second-order valence-corrected chi connectivity index (χ2v) is 16.1. The van der Waals surface area contributed by atoms with Gasteiger partial charge in [-0.05, 0) is 146 Å². The van der Waals surface area contributed by atoms with E-state index >= 15 is 0 Å². The molecule has 4 rings (SSSR count). The SMILES string of the molecule is C=CCCCCCCOc1c(CO)cc(-c2cc(-c3cc(CO)c(OCCCCCCC=C)c(CO)c3)cc(-c3cc(CO)c(OCCCCCCC=C)c(CO)c3)c2)cc1CO. The van der Waals surface area contributed by atoms with E-state index in [1.54, 1.807) is 0 Å². The first kappa shape index (κ1) is 50.9. The second kappa shape index (κ2) is 28.8. The van der Waals surface area contributed by atoms with Gasteiger partial charge < -0.3 is 44.8 Å². The fourth-order valence-electron chi connectivity index (χ4n) is 7.91. The molecule has 0 atom stereocenters. The molecule has 0 saturated heterocycles. The van der Waals surface area contributed by atoms with Crippen LogP contribution >= 0.6 is 0 Å². The van der Waals surface area contributed by atoms with Gasteiger partial charge in [0, 0.05) is 33.4 Å². The monoisotopic (exact) mass is 865 g/mol. The van der Waals surface area contributed by atoms with Gasteiger partial charge >= 0.3 is 0 Å². The normalized spacial score (nSPS) is 11.1. The average Bonchev–Trinajstić information content (AvgIpc) is 3.32. The number of aliphatic hydroxyl groups excluding tert-OH is 6. The topological polar surface area (TPSA) is 149 Å². The fourth-order valence-corrected chi connectivity index (χ4v) is 7.91. The highest BCUT2D eigenvalue weighted by Gasteiger charge is 2.19. The molecule has 0 aromatic heterocycles. The van der Waals surface area contributed by atoms with Gasteiger partial charge in [0.1, 0.15) is 17.2 Å². The van der Waals surface area contributed by atoms with Gasteiger partial charge in [-0.3, -0.25) is 0 Å². The van der Waals surface area contributed by atoms with Crippen molar-refractivity contribution in [2.45, 2.75) is 136 Å². The first-order valence-electron chi connectivity index (χ1n) is 22.9. The minimum Gasteiger partial charge on any atom is -0.493 e. The van der Waals surface area contributed by atoms with E-state index in [1.165, 1.54) is 0 Å². The number of rotatable bonds is 33. The van der Waals surface area contributed by atoms with Gasteiger partial charge in [-0.25, -0.2) is 0 Å². The van der Waals surface area contributed by atoms with Gasteiger partial charge in [-0.1, -0.05) is 56.8 Å². The molecule has 0 aliphatic rings. The summed E-state index contributed by atoms with van der Waals surface area (Å²) < 4.78 is 18.6. The second-order valence-electron chi connectivity index (χ2n) is 16.1. The molecular weight excluding hydrogens is 793 g/mol. The first-order valence-corrected chi connectivity index (χ1v) is 22.9. The molecule has 9 nitrogen and oxygen atoms in total. The van der Waals surface area contributed by atoms with Crippen LogP contribution in [0.5, 0.6) is 17.2 Å². The Labute approximate surface area is 376 Å². The molecule has 0 fully saturated rings. The zero-order valence-corrected chi connectivity index (χ0v) is 37.4. The van der Waals surface area contributed by atoms with Gasteiger partial charge in [0.25, 0.3) is 0 Å². The van der Waals surface area contributed by atoms with Crippen LogP contribution in [0.2, 0.25) is 0 Å². The van der Waals surface area contributed by atoms with Crippen molar-refractivity contribution in [3.05, 3.63) is 126 Å². The van der Waals surface area contributed by atoms with Crippen LogP contribution in [0.4, 0.5) is 0 Å². The predicted molar refractivity (Wildman–Crippen MR) is 255 cm³/mol. The van der Waals surface area contributed by atoms with Crippen LogP contribution in [0.15, 0.2) is 92.6 Å². The van der Waals surface area contributed by atoms with Crippen LogP contribution in [0.25, 0.3) is 33.4 Å². The lowest BCUT2D eigenvalue weighted by atomic mass is 9.89. The molecule has 0 bridgehead atoms. The maximum Gasteiger partial charge on any atom is 0.130 e. The number of hydrogen-bond donors (Lipinski definition) is 6. The molecule has 4 aromatic carbocycles. The van der Waals surface area contributed by atoms with Crippen molar-refractivity contribution in [1.82, 2.24) is 0 Å². The van der Waals surface area contributed by atoms with Crippen LogP contribution in [0.3, 0.4) is 0 Å². The van der Waals surface area contributed by atoms with Crippen molar-refractivity contribution in [3.63, 3.8) is 0 Å². The van der Waals surface area contributed by atoms with E-state index in [9.17, 15) is 30.6 Å². The van der Waals surface area contributed by atoms with E-state index in [0.717, 1.165) is 130 Å². The lowest BCUT2D eigenvalue weighted by molar-refractivity contribution is 0.243. The molecule has 0 spiro atoms. The Morgan fingerprint density at radius 1 is 0.302 bits per heavy atom. The Hall–Kier alpha value is -4.74. The third-order valence-corrected chi connectivity index (χ3v) is 11.3. The maximum absolute atomic E-state index is 10.6. The molecular formula is C54H72O9. The number of unbranched alkanes of at least 4 members (excludes halogenated alkanes) is 12. The molecule has 0 aliphatic heterocycles. The van der Waals surface area contributed by atoms with Crippen LogP contribution in [0, 0.1) is 0 Å². The minimum absolute atomic E-state index is 0.298. The number of ether oxygens (including phenoxy) is 3. The van der Waals surface area contributed by atoms with Crippen molar-refractivity contribution >= 4 is 0 Å². The van der Waals surface area contributed by atoms with Crippen molar-refractivity contribution in [3.8, 4) is 50.6 Å². The lowest BCUT2D eigenvalue weighted by Crippen LogP contribution is -2.05. The van der Waals surface area contributed by atoms with Crippen LogP contribution < -0.4 is 14.2 Å². The summed E-state index contributed by atoms with van der Waals surface area (Å²) in [4.78, 5) is 0. The Kier molecular flexibility index (Phi) is 23.3. The van der Waals surface area contributed by atoms with Crippen molar-refractivity contribution in [1.29, 1.82) is 0 Å². The first-order chi connectivity index (χ1) is 30.9. The largest absolute Gasteiger partial charge is 0.493 e. The van der Waals surface area contributed by atoms with Crippen LogP contribution in [-0.2, 0) is 39.6 Å². The van der Waals surface area contributed by atoms with E-state index in [-0.39, 0.29) is 39.6 Å². The Balaban J connectivity index is 1.79. The molecule has 0 aliphatic carbocycles. The molecule has 6 N–H and O–H groups in total. The quantitative estimate of drug-likeness (QED) is 0.0203. The van der Waals surface area contributed by atoms with E-state index < -0.39 is 0 Å². The summed E-state index contributed by atoms with van der Waals surface area (Å²) in [5, 5.41) is 63.7. The molecule has 63 heavy (non-hydrogen) atoms. The summed E-state index contributed by atoms with van der Waals surface area (Å²) in [6.07, 6.45) is 20.7. The summed E-state index contributed by atoms with van der Waals surface area (Å²) in [7, 11) is 0. The van der Waals surface area contributed by atoms with Gasteiger partial charge in [-0.2, -0.15) is 0 Å². The number of benzene rings is 4. The third-order valence-electron chi connectivity index (χ3n) is 11.3. The molecule has 4 aromatic rings. The Bertz CT molecular complexity index is 1700. The summed E-state index contributed by atoms with van der Waals surface area (Å²) in [5.74, 6) is 1.43. The van der Waals surface area contributed by atoms with Crippen LogP contribution in [0.1, 0.15) is 130 Å². The molecule has 342 valence electrons. The molecule has 0 radical (unpaired) electrons. The maximum atomic E-state index is 10.6. The van der Waals surface area contributed by atoms with Crippen molar-refractivity contribution in [2.75, 3.05) is 19.8 Å². The standard InChI is InChI=1S/C54H72O9/c1-4-7-10-13-16-19-22-61-52-46(34-55)28-43(29-47(52)35-56)40-25-41(44-30-48(36-57)53(49(31-44)37-58)62-23-20-17-14-11-8-5-2)27-42(26-40)45-32-50(38-59)54(51(33-45)39-60)63-24-21-18-15-12-9-6-3/h4-6,25-33,55-60H,1-3,7-24,34-39H2. The number of allylic oxidation sites excluding steroid dienone is 3.